The molecule has 0 spiro atoms. The highest BCUT2D eigenvalue weighted by Crippen LogP contribution is 2.32. The van der Waals surface area contributed by atoms with Crippen molar-refractivity contribution >= 4 is 15.9 Å². The summed E-state index contributed by atoms with van der Waals surface area (Å²) >= 11 is 3.44. The quantitative estimate of drug-likeness (QED) is 0.840. The van der Waals surface area contributed by atoms with Crippen LogP contribution in [0.4, 0.5) is 0 Å². The Kier molecular flexibility index (Phi) is 3.94. The molecule has 2 atom stereocenters. The summed E-state index contributed by atoms with van der Waals surface area (Å²) in [5, 5.41) is 0. The Hall–Kier alpha value is -1.30. The lowest BCUT2D eigenvalue weighted by Gasteiger charge is -2.33. The van der Waals surface area contributed by atoms with E-state index in [0.717, 1.165) is 36.3 Å². The predicted octanol–water partition coefficient (Wildman–Crippen LogP) is 2.70. The molecule has 2 bridgehead atoms. The normalized spacial score (nSPS) is 25.0. The Bertz CT molecular complexity index is 631. The summed E-state index contributed by atoms with van der Waals surface area (Å²) in [4.78, 5) is 14.1. The molecular formula is C17H19BrN4. The zero-order valence-electron chi connectivity index (χ0n) is 12.4. The van der Waals surface area contributed by atoms with Crippen molar-refractivity contribution < 1.29 is 0 Å². The average molecular weight is 359 g/mol. The van der Waals surface area contributed by atoms with Gasteiger partial charge in [0.2, 0.25) is 0 Å². The first kappa shape index (κ1) is 14.3. The van der Waals surface area contributed by atoms with Crippen molar-refractivity contribution in [1.82, 2.24) is 19.8 Å². The molecule has 5 heteroatoms. The van der Waals surface area contributed by atoms with E-state index in [2.05, 4.69) is 60.0 Å². The van der Waals surface area contributed by atoms with E-state index in [9.17, 15) is 0 Å². The van der Waals surface area contributed by atoms with Gasteiger partial charge in [0.25, 0.3) is 0 Å². The summed E-state index contributed by atoms with van der Waals surface area (Å²) in [5.74, 6) is 0. The Morgan fingerprint density at radius 2 is 1.68 bits per heavy atom. The third kappa shape index (κ3) is 2.93. The molecule has 2 unspecified atom stereocenters. The van der Waals surface area contributed by atoms with Gasteiger partial charge >= 0.3 is 0 Å². The molecule has 0 aromatic carbocycles. The van der Waals surface area contributed by atoms with E-state index in [1.807, 2.05) is 18.5 Å². The van der Waals surface area contributed by atoms with Gasteiger partial charge in [-0.25, -0.2) is 0 Å². The van der Waals surface area contributed by atoms with E-state index in [1.165, 1.54) is 12.1 Å². The second-order valence-corrected chi connectivity index (χ2v) is 7.11. The molecule has 2 fully saturated rings. The fraction of sp³-hybridized carbons (Fsp3) is 0.412. The standard InChI is InChI=1S/C17H19BrN4/c18-13-4-5-15(20-8-13)10-22-12-16-7-17(22)11-21(16)9-14-3-1-2-6-19-14/h1-6,8,16-17H,7,9-12H2. The average Bonchev–Trinajstić information content (AvgIpc) is 3.10. The van der Waals surface area contributed by atoms with Crippen LogP contribution in [0.1, 0.15) is 17.8 Å². The lowest BCUT2D eigenvalue weighted by atomic mass is 10.2. The Balaban J connectivity index is 1.36. The summed E-state index contributed by atoms with van der Waals surface area (Å²) in [7, 11) is 0. The fourth-order valence-corrected chi connectivity index (χ4v) is 3.86. The van der Waals surface area contributed by atoms with Crippen molar-refractivity contribution in [3.63, 3.8) is 0 Å². The summed E-state index contributed by atoms with van der Waals surface area (Å²) < 4.78 is 1.04. The molecule has 0 amide bonds. The van der Waals surface area contributed by atoms with Crippen LogP contribution in [-0.2, 0) is 13.1 Å². The second kappa shape index (κ2) is 6.07. The van der Waals surface area contributed by atoms with Crippen LogP contribution in [0, 0.1) is 0 Å². The highest BCUT2D eigenvalue weighted by molar-refractivity contribution is 9.10. The van der Waals surface area contributed by atoms with Crippen LogP contribution in [0.15, 0.2) is 47.2 Å². The molecule has 0 saturated carbocycles. The molecule has 2 aromatic heterocycles. The molecule has 0 radical (unpaired) electrons. The van der Waals surface area contributed by atoms with Crippen LogP contribution in [0.25, 0.3) is 0 Å². The number of hydrogen-bond acceptors (Lipinski definition) is 4. The lowest BCUT2D eigenvalue weighted by molar-refractivity contribution is 0.116. The molecule has 2 aliphatic heterocycles. The van der Waals surface area contributed by atoms with Gasteiger partial charge in [-0.1, -0.05) is 6.07 Å². The fourth-order valence-electron chi connectivity index (χ4n) is 3.63. The molecule has 4 nitrogen and oxygen atoms in total. The molecule has 0 aliphatic carbocycles. The van der Waals surface area contributed by atoms with Crippen LogP contribution in [0.5, 0.6) is 0 Å². The van der Waals surface area contributed by atoms with Crippen LogP contribution in [-0.4, -0.2) is 44.9 Å². The number of hydrogen-bond donors (Lipinski definition) is 0. The molecule has 114 valence electrons. The summed E-state index contributed by atoms with van der Waals surface area (Å²) in [6, 6.07) is 11.7. The maximum Gasteiger partial charge on any atom is 0.0544 e. The van der Waals surface area contributed by atoms with Gasteiger partial charge < -0.3 is 0 Å². The van der Waals surface area contributed by atoms with Crippen molar-refractivity contribution in [2.45, 2.75) is 31.6 Å². The lowest BCUT2D eigenvalue weighted by Crippen LogP contribution is -2.45. The van der Waals surface area contributed by atoms with Crippen molar-refractivity contribution in [3.05, 3.63) is 58.6 Å². The van der Waals surface area contributed by atoms with Gasteiger partial charge in [0.05, 0.1) is 11.4 Å². The number of pyridine rings is 2. The maximum atomic E-state index is 4.50. The van der Waals surface area contributed by atoms with Gasteiger partial charge in [-0.05, 0) is 46.6 Å². The Labute approximate surface area is 139 Å². The first-order valence-corrected chi connectivity index (χ1v) is 8.56. The number of aromatic nitrogens is 2. The third-order valence-corrected chi connectivity index (χ3v) is 5.18. The molecule has 0 N–H and O–H groups in total. The molecular weight excluding hydrogens is 340 g/mol. The molecule has 2 saturated heterocycles. The van der Waals surface area contributed by atoms with E-state index in [-0.39, 0.29) is 0 Å². The summed E-state index contributed by atoms with van der Waals surface area (Å²) in [6.45, 7) is 4.24. The van der Waals surface area contributed by atoms with Crippen LogP contribution in [0.2, 0.25) is 0 Å². The monoisotopic (exact) mass is 358 g/mol. The first-order chi connectivity index (χ1) is 10.8. The third-order valence-electron chi connectivity index (χ3n) is 4.71. The van der Waals surface area contributed by atoms with Gasteiger partial charge in [-0.2, -0.15) is 0 Å². The Morgan fingerprint density at radius 1 is 0.955 bits per heavy atom. The van der Waals surface area contributed by atoms with Gasteiger partial charge in [0, 0.05) is 55.1 Å². The van der Waals surface area contributed by atoms with E-state index in [1.54, 1.807) is 0 Å². The van der Waals surface area contributed by atoms with Crippen LogP contribution in [0.3, 0.4) is 0 Å². The minimum Gasteiger partial charge on any atom is -0.292 e. The van der Waals surface area contributed by atoms with Crippen LogP contribution >= 0.6 is 15.9 Å². The topological polar surface area (TPSA) is 32.3 Å². The Morgan fingerprint density at radius 3 is 2.23 bits per heavy atom. The van der Waals surface area contributed by atoms with Crippen molar-refractivity contribution in [2.24, 2.45) is 0 Å². The van der Waals surface area contributed by atoms with Gasteiger partial charge in [0.15, 0.2) is 0 Å². The number of halogens is 1. The van der Waals surface area contributed by atoms with Crippen molar-refractivity contribution in [2.75, 3.05) is 13.1 Å². The molecule has 2 aromatic rings. The number of rotatable bonds is 4. The van der Waals surface area contributed by atoms with E-state index in [0.29, 0.717) is 12.1 Å². The highest BCUT2D eigenvalue weighted by Gasteiger charge is 2.42. The number of piperazine rings is 1. The van der Waals surface area contributed by atoms with Gasteiger partial charge in [-0.3, -0.25) is 19.8 Å². The SMILES string of the molecule is Brc1ccc(CN2CC3CC2CN3Cc2ccccn2)nc1. The zero-order valence-corrected chi connectivity index (χ0v) is 14.0. The summed E-state index contributed by atoms with van der Waals surface area (Å²) in [6.07, 6.45) is 5.05. The smallest absolute Gasteiger partial charge is 0.0544 e. The largest absolute Gasteiger partial charge is 0.292 e. The van der Waals surface area contributed by atoms with E-state index >= 15 is 0 Å². The highest BCUT2D eigenvalue weighted by atomic mass is 79.9. The minimum atomic E-state index is 0.666. The van der Waals surface area contributed by atoms with Crippen LogP contribution < -0.4 is 0 Å². The molecule has 2 aliphatic rings. The van der Waals surface area contributed by atoms with E-state index in [4.69, 9.17) is 0 Å². The zero-order chi connectivity index (χ0) is 14.9. The summed E-state index contributed by atoms with van der Waals surface area (Å²) in [5.41, 5.74) is 2.34. The van der Waals surface area contributed by atoms with E-state index < -0.39 is 0 Å². The molecule has 22 heavy (non-hydrogen) atoms. The van der Waals surface area contributed by atoms with Crippen molar-refractivity contribution in [3.8, 4) is 0 Å². The molecule has 4 rings (SSSR count). The van der Waals surface area contributed by atoms with Crippen molar-refractivity contribution in [1.29, 1.82) is 0 Å². The van der Waals surface area contributed by atoms with Gasteiger partial charge in [0.1, 0.15) is 0 Å². The number of likely N-dealkylation sites (tertiary alicyclic amines) is 2. The number of nitrogens with zero attached hydrogens (tertiary/aromatic N) is 4. The predicted molar refractivity (Wildman–Crippen MR) is 89.2 cm³/mol. The maximum absolute atomic E-state index is 4.50. The van der Waals surface area contributed by atoms with Gasteiger partial charge in [-0.15, -0.1) is 0 Å². The molecule has 4 heterocycles. The first-order valence-electron chi connectivity index (χ1n) is 7.76. The minimum absolute atomic E-state index is 0.666. The number of fused-ring (bicyclic) bond motifs is 2. The second-order valence-electron chi connectivity index (χ2n) is 6.19.